The molecule has 0 saturated heterocycles. The van der Waals surface area contributed by atoms with Crippen molar-refractivity contribution in [2.45, 2.75) is 142 Å². The summed E-state index contributed by atoms with van der Waals surface area (Å²) in [6, 6.07) is 9.86. The maximum Gasteiger partial charge on any atom is 0.422 e. The molecule has 1 atom stereocenters. The van der Waals surface area contributed by atoms with Gasteiger partial charge in [0.15, 0.2) is 6.61 Å². The van der Waals surface area contributed by atoms with Crippen LogP contribution in [0, 0.1) is 0 Å². The van der Waals surface area contributed by atoms with Crippen LogP contribution in [0.2, 0.25) is 0 Å². The summed E-state index contributed by atoms with van der Waals surface area (Å²) in [5, 5.41) is 3.16. The summed E-state index contributed by atoms with van der Waals surface area (Å²) in [6.07, 6.45) is 14.7. The van der Waals surface area contributed by atoms with Gasteiger partial charge >= 0.3 is 13.8 Å². The highest BCUT2D eigenvalue weighted by atomic mass is 31.2. The molecule has 1 N–H and O–H groups in total. The first kappa shape index (κ1) is 43.5. The van der Waals surface area contributed by atoms with Crippen LogP contribution in [0.1, 0.15) is 128 Å². The standard InChI is InChI=1S/C38H60F3N2O6P/c1-4-7-8-9-10-11-12-13-14-15-16-17-18-19-37(44)43-33(25-27-50(45,48-5-2)49-6-3)28-32-20-22-35(23-21-32)46-30-34-29-36(24-26-42-34)47-31-38(39,40)41/h20-24,26,29,33H,4-19,25,27-28,30-31H2,1-3H3,(H,43,44)/t33-/m0/s1. The van der Waals surface area contributed by atoms with Gasteiger partial charge in [-0.05, 0) is 56.9 Å². The maximum absolute atomic E-state index is 13.2. The summed E-state index contributed by atoms with van der Waals surface area (Å²) in [7, 11) is -3.28. The van der Waals surface area contributed by atoms with Gasteiger partial charge in [0, 0.05) is 24.7 Å². The number of hydrogen-bond acceptors (Lipinski definition) is 7. The van der Waals surface area contributed by atoms with E-state index in [1.165, 1.54) is 82.5 Å². The van der Waals surface area contributed by atoms with Crippen LogP contribution >= 0.6 is 7.60 Å². The van der Waals surface area contributed by atoms with Gasteiger partial charge in [-0.2, -0.15) is 13.2 Å². The highest BCUT2D eigenvalue weighted by Crippen LogP contribution is 2.48. The van der Waals surface area contributed by atoms with E-state index in [0.29, 0.717) is 30.7 Å². The lowest BCUT2D eigenvalue weighted by Gasteiger charge is -2.22. The van der Waals surface area contributed by atoms with E-state index < -0.39 is 20.4 Å². The zero-order valence-electron chi connectivity index (χ0n) is 30.4. The van der Waals surface area contributed by atoms with Crippen LogP contribution in [-0.2, 0) is 31.4 Å². The molecule has 50 heavy (non-hydrogen) atoms. The van der Waals surface area contributed by atoms with E-state index in [-0.39, 0.29) is 43.7 Å². The van der Waals surface area contributed by atoms with Gasteiger partial charge in [-0.25, -0.2) is 0 Å². The number of nitrogens with one attached hydrogen (secondary N) is 1. The number of amides is 1. The molecule has 12 heteroatoms. The zero-order chi connectivity index (χ0) is 36.5. The smallest absolute Gasteiger partial charge is 0.422 e. The minimum Gasteiger partial charge on any atom is -0.487 e. The molecule has 0 radical (unpaired) electrons. The summed E-state index contributed by atoms with van der Waals surface area (Å²) in [6.45, 7) is 5.01. The van der Waals surface area contributed by atoms with Crippen LogP contribution in [0.15, 0.2) is 42.6 Å². The van der Waals surface area contributed by atoms with Gasteiger partial charge in [-0.15, -0.1) is 0 Å². The lowest BCUT2D eigenvalue weighted by atomic mass is 10.0. The van der Waals surface area contributed by atoms with Gasteiger partial charge in [0.1, 0.15) is 18.1 Å². The molecule has 1 amide bonds. The largest absolute Gasteiger partial charge is 0.487 e. The second-order valence-corrected chi connectivity index (χ2v) is 14.9. The van der Waals surface area contributed by atoms with E-state index in [1.807, 2.05) is 12.1 Å². The fourth-order valence-corrected chi connectivity index (χ4v) is 7.40. The first-order valence-electron chi connectivity index (χ1n) is 18.6. The highest BCUT2D eigenvalue weighted by molar-refractivity contribution is 7.53. The van der Waals surface area contributed by atoms with Crippen LogP contribution in [-0.4, -0.2) is 49.1 Å². The van der Waals surface area contributed by atoms with Crippen LogP contribution in [0.3, 0.4) is 0 Å². The molecule has 2 rings (SSSR count). The number of nitrogens with zero attached hydrogens (tertiary/aromatic N) is 1. The lowest BCUT2D eigenvalue weighted by Crippen LogP contribution is -2.37. The number of carbonyl (C=O) groups is 1. The summed E-state index contributed by atoms with van der Waals surface area (Å²) in [5.41, 5.74) is 1.37. The maximum atomic E-state index is 13.2. The second-order valence-electron chi connectivity index (χ2n) is 12.7. The number of rotatable bonds is 29. The van der Waals surface area contributed by atoms with Crippen molar-refractivity contribution in [1.82, 2.24) is 10.3 Å². The summed E-state index contributed by atoms with van der Waals surface area (Å²) in [4.78, 5) is 17.1. The van der Waals surface area contributed by atoms with E-state index in [2.05, 4.69) is 17.2 Å². The Kier molecular flexibility index (Phi) is 22.1. The molecule has 1 aromatic carbocycles. The van der Waals surface area contributed by atoms with E-state index in [1.54, 1.807) is 26.0 Å². The number of ether oxygens (including phenoxy) is 2. The Hall–Kier alpha value is -2.62. The lowest BCUT2D eigenvalue weighted by molar-refractivity contribution is -0.153. The molecular weight excluding hydrogens is 668 g/mol. The Labute approximate surface area is 298 Å². The van der Waals surface area contributed by atoms with Crippen molar-refractivity contribution in [2.24, 2.45) is 0 Å². The zero-order valence-corrected chi connectivity index (χ0v) is 31.3. The molecule has 1 heterocycles. The molecule has 8 nitrogen and oxygen atoms in total. The molecule has 284 valence electrons. The highest BCUT2D eigenvalue weighted by Gasteiger charge is 2.28. The molecular formula is C38H60F3N2O6P. The Morgan fingerprint density at radius 3 is 1.94 bits per heavy atom. The Bertz CT molecular complexity index is 1220. The molecule has 0 aliphatic rings. The predicted octanol–water partition coefficient (Wildman–Crippen LogP) is 10.8. The number of benzene rings is 1. The quantitative estimate of drug-likeness (QED) is 0.0658. The van der Waals surface area contributed by atoms with Crippen molar-refractivity contribution in [1.29, 1.82) is 0 Å². The van der Waals surface area contributed by atoms with E-state index >= 15 is 0 Å². The molecule has 1 aromatic heterocycles. The topological polar surface area (TPSA) is 96.0 Å². The Balaban J connectivity index is 1.84. The third kappa shape index (κ3) is 20.9. The normalized spacial score (nSPS) is 12.5. The van der Waals surface area contributed by atoms with Gasteiger partial charge in [-0.1, -0.05) is 96.1 Å². The van der Waals surface area contributed by atoms with Crippen LogP contribution in [0.25, 0.3) is 0 Å². The van der Waals surface area contributed by atoms with Crippen LogP contribution in [0.4, 0.5) is 13.2 Å². The third-order valence-corrected chi connectivity index (χ3v) is 10.4. The van der Waals surface area contributed by atoms with Gasteiger partial charge in [-0.3, -0.25) is 14.3 Å². The van der Waals surface area contributed by atoms with Gasteiger partial charge in [0.25, 0.3) is 0 Å². The molecule has 0 aliphatic carbocycles. The number of aromatic nitrogens is 1. The van der Waals surface area contributed by atoms with Crippen molar-refractivity contribution in [3.8, 4) is 11.5 Å². The molecule has 0 bridgehead atoms. The van der Waals surface area contributed by atoms with Crippen molar-refractivity contribution in [3.63, 3.8) is 0 Å². The van der Waals surface area contributed by atoms with Crippen molar-refractivity contribution in [3.05, 3.63) is 53.9 Å². The summed E-state index contributed by atoms with van der Waals surface area (Å²) >= 11 is 0. The number of alkyl halides is 3. The van der Waals surface area contributed by atoms with Gasteiger partial charge in [0.2, 0.25) is 5.91 Å². The van der Waals surface area contributed by atoms with Crippen LogP contribution in [0.5, 0.6) is 11.5 Å². The monoisotopic (exact) mass is 728 g/mol. The van der Waals surface area contributed by atoms with E-state index in [4.69, 9.17) is 18.5 Å². The predicted molar refractivity (Wildman–Crippen MR) is 193 cm³/mol. The molecule has 0 fully saturated rings. The fourth-order valence-electron chi connectivity index (χ4n) is 5.66. The number of halogens is 3. The SMILES string of the molecule is CCCCCCCCCCCCCCCC(=O)N[C@@H](CCP(=O)(OCC)OCC)Cc1ccc(OCc2cc(OCC(F)(F)F)ccn2)cc1. The number of carbonyl (C=O) groups excluding carboxylic acids is 1. The van der Waals surface area contributed by atoms with Crippen LogP contribution < -0.4 is 14.8 Å². The van der Waals surface area contributed by atoms with E-state index in [9.17, 15) is 22.5 Å². The van der Waals surface area contributed by atoms with Crippen molar-refractivity contribution in [2.75, 3.05) is 26.0 Å². The third-order valence-electron chi connectivity index (χ3n) is 8.26. The molecule has 0 unspecified atom stereocenters. The van der Waals surface area contributed by atoms with Crippen molar-refractivity contribution < 1.29 is 41.1 Å². The second kappa shape index (κ2) is 25.4. The number of unbranched alkanes of at least 4 members (excludes halogenated alkanes) is 12. The molecule has 2 aromatic rings. The average molecular weight is 729 g/mol. The van der Waals surface area contributed by atoms with Crippen molar-refractivity contribution >= 4 is 13.5 Å². The first-order valence-corrected chi connectivity index (χ1v) is 20.3. The van der Waals surface area contributed by atoms with E-state index in [0.717, 1.165) is 24.8 Å². The number of hydrogen-bond donors (Lipinski definition) is 1. The van der Waals surface area contributed by atoms with Gasteiger partial charge < -0.3 is 23.8 Å². The summed E-state index contributed by atoms with van der Waals surface area (Å²) in [5.74, 6) is 0.596. The Morgan fingerprint density at radius 2 is 1.38 bits per heavy atom. The summed E-state index contributed by atoms with van der Waals surface area (Å²) < 4.78 is 72.2. The first-order chi connectivity index (χ1) is 24.1. The van der Waals surface area contributed by atoms with Gasteiger partial charge in [0.05, 0.1) is 25.1 Å². The minimum absolute atomic E-state index is 0.0189. The molecule has 0 aliphatic heterocycles. The number of pyridine rings is 1. The average Bonchev–Trinajstić information content (AvgIpc) is 3.08. The molecule has 0 saturated carbocycles. The fraction of sp³-hybridized carbons (Fsp3) is 0.684. The Morgan fingerprint density at radius 1 is 0.800 bits per heavy atom. The minimum atomic E-state index is -4.43. The molecule has 0 spiro atoms.